The lowest BCUT2D eigenvalue weighted by Gasteiger charge is -2.21. The summed E-state index contributed by atoms with van der Waals surface area (Å²) in [4.78, 5) is 4.41. The standard InChI is InChI=1S/C11H14ClN/c1-7-3-4-10-9(5-7)6-8(2)11(12)13-10/h6-7H,3-5H2,1-2H3. The molecule has 0 bridgehead atoms. The fourth-order valence-corrected chi connectivity index (χ4v) is 2.09. The lowest BCUT2D eigenvalue weighted by atomic mass is 9.87. The Labute approximate surface area is 84.1 Å². The number of aryl methyl sites for hydroxylation is 2. The topological polar surface area (TPSA) is 12.9 Å². The van der Waals surface area contributed by atoms with Crippen molar-refractivity contribution < 1.29 is 0 Å². The monoisotopic (exact) mass is 195 g/mol. The van der Waals surface area contributed by atoms with Crippen molar-refractivity contribution in [2.45, 2.75) is 33.1 Å². The van der Waals surface area contributed by atoms with Gasteiger partial charge in [-0.25, -0.2) is 4.98 Å². The summed E-state index contributed by atoms with van der Waals surface area (Å²) < 4.78 is 0. The Morgan fingerprint density at radius 2 is 2.31 bits per heavy atom. The summed E-state index contributed by atoms with van der Waals surface area (Å²) in [5.41, 5.74) is 3.73. The van der Waals surface area contributed by atoms with Gasteiger partial charge in [0.2, 0.25) is 0 Å². The Hall–Kier alpha value is -0.560. The average molecular weight is 196 g/mol. The van der Waals surface area contributed by atoms with Crippen LogP contribution >= 0.6 is 11.6 Å². The van der Waals surface area contributed by atoms with Crippen LogP contribution < -0.4 is 0 Å². The lowest BCUT2D eigenvalue weighted by Crippen LogP contribution is -2.13. The van der Waals surface area contributed by atoms with Crippen molar-refractivity contribution in [3.63, 3.8) is 0 Å². The SMILES string of the molecule is Cc1cc2c(nc1Cl)CCC(C)C2. The van der Waals surface area contributed by atoms with Crippen molar-refractivity contribution in [1.29, 1.82) is 0 Å². The van der Waals surface area contributed by atoms with Gasteiger partial charge in [0, 0.05) is 5.69 Å². The molecule has 1 aromatic heterocycles. The van der Waals surface area contributed by atoms with E-state index in [0.717, 1.165) is 17.9 Å². The van der Waals surface area contributed by atoms with Gasteiger partial charge >= 0.3 is 0 Å². The first-order chi connectivity index (χ1) is 6.16. The molecule has 0 aromatic carbocycles. The number of nitrogens with zero attached hydrogens (tertiary/aromatic N) is 1. The molecule has 0 saturated heterocycles. The summed E-state index contributed by atoms with van der Waals surface area (Å²) in [5.74, 6) is 0.801. The van der Waals surface area contributed by atoms with Gasteiger partial charge in [-0.15, -0.1) is 0 Å². The molecule has 0 fully saturated rings. The van der Waals surface area contributed by atoms with Crippen LogP contribution in [0.5, 0.6) is 0 Å². The molecule has 1 unspecified atom stereocenters. The fourth-order valence-electron chi connectivity index (χ4n) is 1.94. The summed E-state index contributed by atoms with van der Waals surface area (Å²) in [6.07, 6.45) is 3.51. The van der Waals surface area contributed by atoms with E-state index in [0.29, 0.717) is 5.15 Å². The highest BCUT2D eigenvalue weighted by molar-refractivity contribution is 6.30. The van der Waals surface area contributed by atoms with Gasteiger partial charge in [0.15, 0.2) is 0 Å². The fraction of sp³-hybridized carbons (Fsp3) is 0.545. The highest BCUT2D eigenvalue weighted by Gasteiger charge is 2.17. The predicted molar refractivity (Wildman–Crippen MR) is 55.2 cm³/mol. The number of hydrogen-bond acceptors (Lipinski definition) is 1. The first-order valence-corrected chi connectivity index (χ1v) is 5.19. The average Bonchev–Trinajstić information content (AvgIpc) is 2.08. The van der Waals surface area contributed by atoms with Gasteiger partial charge in [-0.3, -0.25) is 0 Å². The third-order valence-electron chi connectivity index (χ3n) is 2.76. The molecule has 1 aliphatic carbocycles. The molecule has 1 atom stereocenters. The van der Waals surface area contributed by atoms with Crippen molar-refractivity contribution >= 4 is 11.6 Å². The van der Waals surface area contributed by atoms with Crippen LogP contribution in [0.4, 0.5) is 0 Å². The summed E-state index contributed by atoms with van der Waals surface area (Å²) in [7, 11) is 0. The van der Waals surface area contributed by atoms with Gasteiger partial charge in [0.25, 0.3) is 0 Å². The van der Waals surface area contributed by atoms with Crippen molar-refractivity contribution in [2.24, 2.45) is 5.92 Å². The Kier molecular flexibility index (Phi) is 2.29. The van der Waals surface area contributed by atoms with Crippen molar-refractivity contribution in [3.05, 3.63) is 28.0 Å². The van der Waals surface area contributed by atoms with Crippen LogP contribution in [-0.4, -0.2) is 4.98 Å². The van der Waals surface area contributed by atoms with E-state index in [9.17, 15) is 0 Å². The normalized spacial score (nSPS) is 21.3. The van der Waals surface area contributed by atoms with Crippen LogP contribution in [0, 0.1) is 12.8 Å². The quantitative estimate of drug-likeness (QED) is 0.580. The van der Waals surface area contributed by atoms with E-state index >= 15 is 0 Å². The molecule has 1 aromatic rings. The Balaban J connectivity index is 2.43. The number of aromatic nitrogens is 1. The third-order valence-corrected chi connectivity index (χ3v) is 3.14. The summed E-state index contributed by atoms with van der Waals surface area (Å²) in [5, 5.41) is 0.674. The maximum absolute atomic E-state index is 5.97. The minimum Gasteiger partial charge on any atom is -0.241 e. The molecule has 2 heteroatoms. The Morgan fingerprint density at radius 3 is 3.08 bits per heavy atom. The molecular weight excluding hydrogens is 182 g/mol. The first-order valence-electron chi connectivity index (χ1n) is 4.81. The molecule has 1 aliphatic rings. The Morgan fingerprint density at radius 1 is 1.54 bits per heavy atom. The van der Waals surface area contributed by atoms with E-state index in [1.807, 2.05) is 6.92 Å². The van der Waals surface area contributed by atoms with Gasteiger partial charge in [-0.1, -0.05) is 24.6 Å². The molecule has 1 nitrogen and oxygen atoms in total. The van der Waals surface area contributed by atoms with E-state index in [1.165, 1.54) is 24.1 Å². The molecule has 2 rings (SSSR count). The van der Waals surface area contributed by atoms with Crippen LogP contribution in [0.25, 0.3) is 0 Å². The van der Waals surface area contributed by atoms with Crippen LogP contribution in [0.1, 0.15) is 30.2 Å². The van der Waals surface area contributed by atoms with E-state index < -0.39 is 0 Å². The van der Waals surface area contributed by atoms with Crippen molar-refractivity contribution in [3.8, 4) is 0 Å². The van der Waals surface area contributed by atoms with Gasteiger partial charge < -0.3 is 0 Å². The van der Waals surface area contributed by atoms with Gasteiger partial charge in [0.1, 0.15) is 5.15 Å². The molecule has 0 radical (unpaired) electrons. The van der Waals surface area contributed by atoms with Crippen LogP contribution in [0.3, 0.4) is 0 Å². The van der Waals surface area contributed by atoms with Crippen LogP contribution in [0.15, 0.2) is 6.07 Å². The highest BCUT2D eigenvalue weighted by Crippen LogP contribution is 2.26. The van der Waals surface area contributed by atoms with Gasteiger partial charge in [0.05, 0.1) is 0 Å². The molecule has 0 saturated carbocycles. The zero-order valence-electron chi connectivity index (χ0n) is 8.10. The van der Waals surface area contributed by atoms with Crippen LogP contribution in [-0.2, 0) is 12.8 Å². The predicted octanol–water partition coefficient (Wildman–Crippen LogP) is 3.17. The largest absolute Gasteiger partial charge is 0.241 e. The number of fused-ring (bicyclic) bond motifs is 1. The molecule has 1 heterocycles. The summed E-state index contributed by atoms with van der Waals surface area (Å²) in [6.45, 7) is 4.32. The van der Waals surface area contributed by atoms with Crippen molar-refractivity contribution in [1.82, 2.24) is 4.98 Å². The second kappa shape index (κ2) is 3.30. The van der Waals surface area contributed by atoms with E-state index in [1.54, 1.807) is 0 Å². The van der Waals surface area contributed by atoms with Gasteiger partial charge in [-0.2, -0.15) is 0 Å². The molecule has 70 valence electrons. The second-order valence-corrected chi connectivity index (χ2v) is 4.41. The van der Waals surface area contributed by atoms with E-state index in [2.05, 4.69) is 18.0 Å². The second-order valence-electron chi connectivity index (χ2n) is 4.05. The lowest BCUT2D eigenvalue weighted by molar-refractivity contribution is 0.493. The number of rotatable bonds is 0. The highest BCUT2D eigenvalue weighted by atomic mass is 35.5. The smallest absolute Gasteiger partial charge is 0.132 e. The minimum atomic E-state index is 0.674. The van der Waals surface area contributed by atoms with Gasteiger partial charge in [-0.05, 0) is 43.2 Å². The Bertz CT molecular complexity index is 333. The number of hydrogen-bond donors (Lipinski definition) is 0. The summed E-state index contributed by atoms with van der Waals surface area (Å²) in [6, 6.07) is 2.19. The molecular formula is C11H14ClN. The first kappa shape index (κ1) is 9.01. The third kappa shape index (κ3) is 1.71. The van der Waals surface area contributed by atoms with Crippen LogP contribution in [0.2, 0.25) is 5.15 Å². The van der Waals surface area contributed by atoms with Crippen molar-refractivity contribution in [2.75, 3.05) is 0 Å². The zero-order chi connectivity index (χ0) is 9.42. The maximum atomic E-state index is 5.97. The molecule has 0 aliphatic heterocycles. The van der Waals surface area contributed by atoms with E-state index in [4.69, 9.17) is 11.6 Å². The molecule has 0 amide bonds. The molecule has 0 spiro atoms. The number of halogens is 1. The molecule has 13 heavy (non-hydrogen) atoms. The molecule has 0 N–H and O–H groups in total. The minimum absolute atomic E-state index is 0.674. The maximum Gasteiger partial charge on any atom is 0.132 e. The summed E-state index contributed by atoms with van der Waals surface area (Å²) >= 11 is 5.97. The number of pyridine rings is 1. The zero-order valence-corrected chi connectivity index (χ0v) is 8.86. The van der Waals surface area contributed by atoms with E-state index in [-0.39, 0.29) is 0 Å².